The Bertz CT molecular complexity index is 89.8. The molecule has 0 amide bonds. The van der Waals surface area contributed by atoms with Gasteiger partial charge in [0, 0.05) is 12.6 Å². The maximum Gasteiger partial charge on any atom is 0.0518 e. The molecule has 2 heteroatoms. The van der Waals surface area contributed by atoms with E-state index in [-0.39, 0.29) is 0 Å². The Morgan fingerprint density at radius 3 is 2.42 bits per heavy atom. The van der Waals surface area contributed by atoms with Gasteiger partial charge >= 0.3 is 0 Å². The third-order valence-corrected chi connectivity index (χ3v) is 2.05. The van der Waals surface area contributed by atoms with E-state index in [2.05, 4.69) is 26.1 Å². The van der Waals surface area contributed by atoms with Gasteiger partial charge in [-0.2, -0.15) is 0 Å². The highest BCUT2D eigenvalue weighted by molar-refractivity contribution is 4.61. The summed E-state index contributed by atoms with van der Waals surface area (Å²) in [6.45, 7) is 7.27. The van der Waals surface area contributed by atoms with Crippen molar-refractivity contribution >= 4 is 0 Å². The van der Waals surface area contributed by atoms with Crippen LogP contribution in [0.3, 0.4) is 0 Å². The Labute approximate surface area is 76.7 Å². The monoisotopic (exact) mass is 173 g/mol. The zero-order chi connectivity index (χ0) is 9.40. The number of hydrogen-bond donors (Lipinski definition) is 1. The fourth-order valence-corrected chi connectivity index (χ4v) is 1.20. The van der Waals surface area contributed by atoms with Crippen LogP contribution in [-0.4, -0.2) is 25.8 Å². The van der Waals surface area contributed by atoms with Crippen molar-refractivity contribution in [1.82, 2.24) is 5.32 Å². The maximum atomic E-state index is 5.45. The van der Waals surface area contributed by atoms with Gasteiger partial charge in [-0.3, -0.25) is 0 Å². The summed E-state index contributed by atoms with van der Waals surface area (Å²) in [5.74, 6) is 0. The third kappa shape index (κ3) is 6.62. The lowest BCUT2D eigenvalue weighted by Crippen LogP contribution is -2.24. The highest BCUT2D eigenvalue weighted by Gasteiger charge is 2.01. The average molecular weight is 173 g/mol. The van der Waals surface area contributed by atoms with Gasteiger partial charge in [-0.25, -0.2) is 0 Å². The summed E-state index contributed by atoms with van der Waals surface area (Å²) in [5.41, 5.74) is 0. The molecule has 0 saturated heterocycles. The highest BCUT2D eigenvalue weighted by Crippen LogP contribution is 2.01. The molecule has 0 aliphatic carbocycles. The topological polar surface area (TPSA) is 21.3 Å². The summed E-state index contributed by atoms with van der Waals surface area (Å²) in [6.07, 6.45) is 3.97. The molecule has 1 unspecified atom stereocenters. The molecule has 1 N–H and O–H groups in total. The van der Waals surface area contributed by atoms with Crippen molar-refractivity contribution in [2.24, 2.45) is 0 Å². The van der Waals surface area contributed by atoms with E-state index >= 15 is 0 Å². The molecule has 0 bridgehead atoms. The van der Waals surface area contributed by atoms with Gasteiger partial charge in [0.05, 0.1) is 6.10 Å². The number of rotatable bonds is 7. The first kappa shape index (κ1) is 11.9. The molecule has 0 saturated carbocycles. The van der Waals surface area contributed by atoms with Crippen LogP contribution in [0.15, 0.2) is 0 Å². The summed E-state index contributed by atoms with van der Waals surface area (Å²) in [4.78, 5) is 0. The van der Waals surface area contributed by atoms with Gasteiger partial charge in [-0.1, -0.05) is 6.92 Å². The Balaban J connectivity index is 3.17. The van der Waals surface area contributed by atoms with Crippen LogP contribution in [0, 0.1) is 0 Å². The van der Waals surface area contributed by atoms with E-state index in [1.54, 1.807) is 0 Å². The predicted octanol–water partition coefficient (Wildman–Crippen LogP) is 2.19. The summed E-state index contributed by atoms with van der Waals surface area (Å²) in [6, 6.07) is 0.667. The van der Waals surface area contributed by atoms with Crippen LogP contribution in [-0.2, 0) is 4.74 Å². The van der Waals surface area contributed by atoms with Crippen molar-refractivity contribution in [1.29, 1.82) is 0 Å². The van der Waals surface area contributed by atoms with Crippen molar-refractivity contribution in [3.8, 4) is 0 Å². The second kappa shape index (κ2) is 7.56. The van der Waals surface area contributed by atoms with Crippen molar-refractivity contribution in [3.63, 3.8) is 0 Å². The number of ether oxygens (including phenoxy) is 1. The normalized spacial score (nSPS) is 13.8. The first-order chi connectivity index (χ1) is 5.70. The van der Waals surface area contributed by atoms with Crippen LogP contribution < -0.4 is 5.32 Å². The zero-order valence-corrected chi connectivity index (χ0v) is 8.89. The van der Waals surface area contributed by atoms with Gasteiger partial charge in [-0.05, 0) is 40.2 Å². The molecule has 1 atom stereocenters. The largest absolute Gasteiger partial charge is 0.379 e. The molecule has 0 aromatic heterocycles. The number of hydrogen-bond acceptors (Lipinski definition) is 2. The van der Waals surface area contributed by atoms with Crippen LogP contribution in [0.25, 0.3) is 0 Å². The van der Waals surface area contributed by atoms with E-state index < -0.39 is 0 Å². The van der Waals surface area contributed by atoms with E-state index in [9.17, 15) is 0 Å². The molecular weight excluding hydrogens is 150 g/mol. The lowest BCUT2D eigenvalue weighted by atomic mass is 10.1. The summed E-state index contributed by atoms with van der Waals surface area (Å²) in [5, 5.41) is 3.28. The molecule has 0 aromatic rings. The summed E-state index contributed by atoms with van der Waals surface area (Å²) < 4.78 is 5.45. The SMILES string of the molecule is CCC(CCCOC(C)C)NC. The van der Waals surface area contributed by atoms with Crippen molar-refractivity contribution in [3.05, 3.63) is 0 Å². The van der Waals surface area contributed by atoms with Crippen LogP contribution in [0.1, 0.15) is 40.0 Å². The molecule has 12 heavy (non-hydrogen) atoms. The van der Waals surface area contributed by atoms with E-state index in [0.717, 1.165) is 13.0 Å². The molecule has 0 fully saturated rings. The van der Waals surface area contributed by atoms with Gasteiger partial charge < -0.3 is 10.1 Å². The van der Waals surface area contributed by atoms with Gasteiger partial charge in [0.25, 0.3) is 0 Å². The van der Waals surface area contributed by atoms with E-state index in [4.69, 9.17) is 4.74 Å². The Kier molecular flexibility index (Phi) is 7.51. The van der Waals surface area contributed by atoms with Crippen LogP contribution in [0.5, 0.6) is 0 Å². The molecular formula is C10H23NO. The zero-order valence-electron chi connectivity index (χ0n) is 8.89. The molecule has 0 aliphatic rings. The lowest BCUT2D eigenvalue weighted by Gasteiger charge is -2.14. The standard InChI is InChI=1S/C10H23NO/c1-5-10(11-4)7-6-8-12-9(2)3/h9-11H,5-8H2,1-4H3. The minimum absolute atomic E-state index is 0.375. The second-order valence-electron chi connectivity index (χ2n) is 3.46. The van der Waals surface area contributed by atoms with Crippen LogP contribution >= 0.6 is 0 Å². The maximum absolute atomic E-state index is 5.45. The first-order valence-corrected chi connectivity index (χ1v) is 4.99. The van der Waals surface area contributed by atoms with Crippen LogP contribution in [0.2, 0.25) is 0 Å². The smallest absolute Gasteiger partial charge is 0.0518 e. The minimum atomic E-state index is 0.375. The Morgan fingerprint density at radius 2 is 2.00 bits per heavy atom. The molecule has 0 heterocycles. The third-order valence-electron chi connectivity index (χ3n) is 2.05. The van der Waals surface area contributed by atoms with Crippen molar-refractivity contribution < 1.29 is 4.74 Å². The average Bonchev–Trinajstić information content (AvgIpc) is 2.04. The van der Waals surface area contributed by atoms with E-state index in [0.29, 0.717) is 12.1 Å². The summed E-state index contributed by atoms with van der Waals surface area (Å²) >= 11 is 0. The lowest BCUT2D eigenvalue weighted by molar-refractivity contribution is 0.0745. The fraction of sp³-hybridized carbons (Fsp3) is 1.00. The van der Waals surface area contributed by atoms with Gasteiger partial charge in [0.15, 0.2) is 0 Å². The molecule has 0 aromatic carbocycles. The first-order valence-electron chi connectivity index (χ1n) is 4.99. The number of nitrogens with one attached hydrogen (secondary N) is 1. The molecule has 2 nitrogen and oxygen atoms in total. The minimum Gasteiger partial charge on any atom is -0.379 e. The van der Waals surface area contributed by atoms with Gasteiger partial charge in [0.2, 0.25) is 0 Å². The molecule has 0 spiro atoms. The molecule has 74 valence electrons. The Morgan fingerprint density at radius 1 is 1.33 bits per heavy atom. The Hall–Kier alpha value is -0.0800. The molecule has 0 aliphatic heterocycles. The highest BCUT2D eigenvalue weighted by atomic mass is 16.5. The van der Waals surface area contributed by atoms with Crippen LogP contribution in [0.4, 0.5) is 0 Å². The summed E-state index contributed by atoms with van der Waals surface area (Å²) in [7, 11) is 2.03. The van der Waals surface area contributed by atoms with Gasteiger partial charge in [-0.15, -0.1) is 0 Å². The van der Waals surface area contributed by atoms with Gasteiger partial charge in [0.1, 0.15) is 0 Å². The van der Waals surface area contributed by atoms with E-state index in [1.165, 1.54) is 12.8 Å². The van der Waals surface area contributed by atoms with E-state index in [1.807, 2.05) is 7.05 Å². The molecule has 0 rings (SSSR count). The predicted molar refractivity (Wildman–Crippen MR) is 53.5 cm³/mol. The second-order valence-corrected chi connectivity index (χ2v) is 3.46. The van der Waals surface area contributed by atoms with Crippen molar-refractivity contribution in [2.75, 3.05) is 13.7 Å². The fourth-order valence-electron chi connectivity index (χ4n) is 1.20. The quantitative estimate of drug-likeness (QED) is 0.596. The van der Waals surface area contributed by atoms with Crippen molar-refractivity contribution in [2.45, 2.75) is 52.2 Å². The molecule has 0 radical (unpaired) electrons.